The molecule has 0 aliphatic heterocycles. The first-order chi connectivity index (χ1) is 12.9. The zero-order chi connectivity index (χ0) is 19.8. The quantitative estimate of drug-likeness (QED) is 0.474. The second-order valence-electron chi connectivity index (χ2n) is 6.06. The van der Waals surface area contributed by atoms with Gasteiger partial charge in [0.2, 0.25) is 0 Å². The van der Waals surface area contributed by atoms with Gasteiger partial charge >= 0.3 is 0 Å². The lowest BCUT2D eigenvalue weighted by molar-refractivity contribution is 0.172. The van der Waals surface area contributed by atoms with Crippen LogP contribution in [0, 0.1) is 0 Å². The predicted octanol–water partition coefficient (Wildman–Crippen LogP) is 3.78. The number of aromatic hydroxyl groups is 1. The third-order valence-corrected chi connectivity index (χ3v) is 4.62. The van der Waals surface area contributed by atoms with Crippen LogP contribution in [0.3, 0.4) is 0 Å². The fraction of sp³-hybridized carbons (Fsp3) is 0.286. The van der Waals surface area contributed by atoms with Gasteiger partial charge in [-0.2, -0.15) is 0 Å². The maximum atomic E-state index is 10.3. The summed E-state index contributed by atoms with van der Waals surface area (Å²) in [5.41, 5.74) is 4.57. The van der Waals surface area contributed by atoms with Crippen molar-refractivity contribution in [3.05, 3.63) is 75.4 Å². The zero-order valence-corrected chi connectivity index (χ0v) is 16.6. The molecule has 0 saturated carbocycles. The molecule has 2 rings (SSSR count). The van der Waals surface area contributed by atoms with Gasteiger partial charge in [-0.1, -0.05) is 28.1 Å². The summed E-state index contributed by atoms with van der Waals surface area (Å²) in [6, 6.07) is 11.9. The Hall–Kier alpha value is -2.08. The number of halogens is 1. The molecule has 27 heavy (non-hydrogen) atoms. The lowest BCUT2D eigenvalue weighted by Gasteiger charge is -2.12. The third-order valence-electron chi connectivity index (χ3n) is 4.13. The maximum Gasteiger partial charge on any atom is 0.121 e. The van der Waals surface area contributed by atoms with Crippen molar-refractivity contribution in [2.24, 2.45) is 0 Å². The van der Waals surface area contributed by atoms with Crippen LogP contribution >= 0.6 is 15.9 Å². The minimum Gasteiger partial charge on any atom is -0.508 e. The highest BCUT2D eigenvalue weighted by atomic mass is 79.9. The van der Waals surface area contributed by atoms with Crippen LogP contribution in [-0.4, -0.2) is 34.1 Å². The monoisotopic (exact) mass is 434 g/mol. The van der Waals surface area contributed by atoms with Crippen molar-refractivity contribution in [3.63, 3.8) is 0 Å². The first-order valence-electron chi connectivity index (χ1n) is 8.46. The Morgan fingerprint density at radius 1 is 1.15 bits per heavy atom. The molecular formula is C21H23BrO5. The van der Waals surface area contributed by atoms with Gasteiger partial charge < -0.3 is 25.2 Å². The molecule has 0 heterocycles. The van der Waals surface area contributed by atoms with E-state index in [9.17, 15) is 20.4 Å². The molecule has 144 valence electrons. The second kappa shape index (κ2) is 10.3. The van der Waals surface area contributed by atoms with Crippen LogP contribution in [0.15, 0.2) is 64.3 Å². The van der Waals surface area contributed by atoms with Crippen molar-refractivity contribution in [2.45, 2.75) is 25.0 Å². The predicted molar refractivity (Wildman–Crippen MR) is 107 cm³/mol. The standard InChI is InChI=1S/C21H23BrO5/c1-27-17-8-5-15(6-9-17)21(26)11-14(13-23)3-2-4-19(24)18-12-16(22)7-10-20(18)25/h2,5-10,12,19,21,23-26H,4,11,13H2,1H3/t3?,19-,21-/m1/s1. The van der Waals surface area contributed by atoms with Gasteiger partial charge in [0.25, 0.3) is 0 Å². The fourth-order valence-corrected chi connectivity index (χ4v) is 2.96. The Balaban J connectivity index is 2.04. The van der Waals surface area contributed by atoms with E-state index in [1.807, 2.05) is 0 Å². The highest BCUT2D eigenvalue weighted by Crippen LogP contribution is 2.29. The van der Waals surface area contributed by atoms with Gasteiger partial charge in [0, 0.05) is 22.9 Å². The summed E-state index contributed by atoms with van der Waals surface area (Å²) in [5, 5.41) is 39.9. The number of hydrogen-bond donors (Lipinski definition) is 4. The van der Waals surface area contributed by atoms with Gasteiger partial charge in [-0.15, -0.1) is 5.73 Å². The van der Waals surface area contributed by atoms with Gasteiger partial charge in [0.15, 0.2) is 0 Å². The van der Waals surface area contributed by atoms with Crippen LogP contribution in [0.5, 0.6) is 11.5 Å². The van der Waals surface area contributed by atoms with E-state index >= 15 is 0 Å². The molecular weight excluding hydrogens is 412 g/mol. The first kappa shape index (κ1) is 21.2. The van der Waals surface area contributed by atoms with Crippen molar-refractivity contribution in [3.8, 4) is 11.5 Å². The molecule has 0 radical (unpaired) electrons. The third kappa shape index (κ3) is 6.24. The molecule has 0 amide bonds. The highest BCUT2D eigenvalue weighted by Gasteiger charge is 2.12. The average molecular weight is 435 g/mol. The smallest absolute Gasteiger partial charge is 0.121 e. The number of methoxy groups -OCH3 is 1. The summed E-state index contributed by atoms with van der Waals surface area (Å²) in [4.78, 5) is 0. The van der Waals surface area contributed by atoms with Gasteiger partial charge in [-0.05, 0) is 47.5 Å². The van der Waals surface area contributed by atoms with Crippen LogP contribution in [-0.2, 0) is 0 Å². The molecule has 0 saturated heterocycles. The second-order valence-corrected chi connectivity index (χ2v) is 6.97. The van der Waals surface area contributed by atoms with E-state index in [4.69, 9.17) is 4.74 Å². The molecule has 0 aromatic heterocycles. The maximum absolute atomic E-state index is 10.3. The summed E-state index contributed by atoms with van der Waals surface area (Å²) in [6.07, 6.45) is 0.348. The lowest BCUT2D eigenvalue weighted by Crippen LogP contribution is -2.01. The van der Waals surface area contributed by atoms with Crippen molar-refractivity contribution >= 4 is 15.9 Å². The van der Waals surface area contributed by atoms with Crippen LogP contribution in [0.25, 0.3) is 0 Å². The van der Waals surface area contributed by atoms with Crippen LogP contribution < -0.4 is 4.74 Å². The summed E-state index contributed by atoms with van der Waals surface area (Å²) in [7, 11) is 1.57. The number of benzene rings is 2. The van der Waals surface area contributed by atoms with E-state index in [1.54, 1.807) is 49.6 Å². The average Bonchev–Trinajstić information content (AvgIpc) is 2.68. The number of hydrogen-bond acceptors (Lipinski definition) is 5. The SMILES string of the molecule is COc1ccc([C@H](O)CC(=C=CC[C@@H](O)c2cc(Br)ccc2O)CO)cc1. The van der Waals surface area contributed by atoms with E-state index in [-0.39, 0.29) is 25.2 Å². The summed E-state index contributed by atoms with van der Waals surface area (Å²) < 4.78 is 5.85. The Kier molecular flexibility index (Phi) is 8.10. The molecule has 6 heteroatoms. The molecule has 0 unspecified atom stereocenters. The van der Waals surface area contributed by atoms with Gasteiger partial charge in [-0.3, -0.25) is 0 Å². The normalized spacial score (nSPS) is 12.8. The zero-order valence-electron chi connectivity index (χ0n) is 15.0. The number of rotatable bonds is 8. The Morgan fingerprint density at radius 2 is 1.85 bits per heavy atom. The van der Waals surface area contributed by atoms with Gasteiger partial charge in [0.05, 0.1) is 25.9 Å². The molecule has 0 aliphatic rings. The van der Waals surface area contributed by atoms with E-state index < -0.39 is 12.2 Å². The first-order valence-corrected chi connectivity index (χ1v) is 9.26. The molecule has 0 spiro atoms. The van der Waals surface area contributed by atoms with Crippen LogP contribution in [0.1, 0.15) is 36.2 Å². The largest absolute Gasteiger partial charge is 0.508 e. The van der Waals surface area contributed by atoms with Crippen LogP contribution in [0.4, 0.5) is 0 Å². The minimum atomic E-state index is -0.901. The molecule has 2 aromatic carbocycles. The Bertz CT molecular complexity index is 810. The molecule has 2 aromatic rings. The summed E-state index contributed by atoms with van der Waals surface area (Å²) in [5.74, 6) is 0.717. The summed E-state index contributed by atoms with van der Waals surface area (Å²) in [6.45, 7) is -0.248. The van der Waals surface area contributed by atoms with E-state index in [1.165, 1.54) is 6.07 Å². The molecule has 4 N–H and O–H groups in total. The topological polar surface area (TPSA) is 90.2 Å². The Morgan fingerprint density at radius 3 is 2.48 bits per heavy atom. The number of ether oxygens (including phenoxy) is 1. The number of aliphatic hydroxyl groups is 3. The van der Waals surface area contributed by atoms with Crippen molar-refractivity contribution < 1.29 is 25.2 Å². The molecule has 0 bridgehead atoms. The highest BCUT2D eigenvalue weighted by molar-refractivity contribution is 9.10. The molecule has 5 nitrogen and oxygen atoms in total. The lowest BCUT2D eigenvalue weighted by atomic mass is 10.0. The van der Waals surface area contributed by atoms with Crippen molar-refractivity contribution in [1.29, 1.82) is 0 Å². The minimum absolute atomic E-state index is 0.0142. The van der Waals surface area contributed by atoms with Crippen molar-refractivity contribution in [1.82, 2.24) is 0 Å². The molecule has 0 fully saturated rings. The van der Waals surface area contributed by atoms with Gasteiger partial charge in [-0.25, -0.2) is 0 Å². The number of phenolic OH excluding ortho intramolecular Hbond substituents is 1. The number of phenols is 1. The van der Waals surface area contributed by atoms with E-state index in [0.717, 1.165) is 4.47 Å². The van der Waals surface area contributed by atoms with Gasteiger partial charge in [0.1, 0.15) is 11.5 Å². The molecule has 0 aliphatic carbocycles. The fourth-order valence-electron chi connectivity index (χ4n) is 2.58. The molecule has 2 atom stereocenters. The summed E-state index contributed by atoms with van der Waals surface area (Å²) >= 11 is 3.30. The Labute approximate surface area is 167 Å². The van der Waals surface area contributed by atoms with Crippen LogP contribution in [0.2, 0.25) is 0 Å². The van der Waals surface area contributed by atoms with E-state index in [0.29, 0.717) is 22.4 Å². The van der Waals surface area contributed by atoms with Crippen molar-refractivity contribution in [2.75, 3.05) is 13.7 Å². The van der Waals surface area contributed by atoms with E-state index in [2.05, 4.69) is 21.7 Å². The number of aliphatic hydroxyl groups excluding tert-OH is 3.